The minimum Gasteiger partial charge on any atom is -0.455 e. The predicted octanol–water partition coefficient (Wildman–Crippen LogP) is 3.67. The largest absolute Gasteiger partial charge is 0.455 e. The quantitative estimate of drug-likeness (QED) is 0.475. The molecule has 0 atom stereocenters. The molecule has 0 bridgehead atoms. The number of nitro benzene ring substituents is 1. The molecule has 0 aromatic heterocycles. The zero-order chi connectivity index (χ0) is 20.2. The number of nitrogens with zero attached hydrogens (tertiary/aromatic N) is 1. The van der Waals surface area contributed by atoms with Crippen LogP contribution < -0.4 is 5.32 Å². The average molecular weight is 370 g/mol. The second-order valence-electron chi connectivity index (χ2n) is 6.83. The molecular weight excluding hydrogens is 348 g/mol. The van der Waals surface area contributed by atoms with E-state index in [1.54, 1.807) is 39.8 Å². The SMILES string of the molecule is Cc1cc(NC(=O)COC(=O)C(C)(C)c2ccccc2)c([N+](=O)[O-])cc1C. The summed E-state index contributed by atoms with van der Waals surface area (Å²) >= 11 is 0. The van der Waals surface area contributed by atoms with Gasteiger partial charge in [-0.25, -0.2) is 0 Å². The van der Waals surface area contributed by atoms with Crippen LogP contribution in [-0.2, 0) is 19.7 Å². The van der Waals surface area contributed by atoms with Crippen LogP contribution in [0.25, 0.3) is 0 Å². The van der Waals surface area contributed by atoms with E-state index < -0.39 is 28.8 Å². The summed E-state index contributed by atoms with van der Waals surface area (Å²) in [4.78, 5) is 35.2. The van der Waals surface area contributed by atoms with Crippen LogP contribution >= 0.6 is 0 Å². The molecule has 0 aliphatic heterocycles. The summed E-state index contributed by atoms with van der Waals surface area (Å²) in [6.07, 6.45) is 0. The van der Waals surface area contributed by atoms with E-state index in [4.69, 9.17) is 4.74 Å². The van der Waals surface area contributed by atoms with Gasteiger partial charge in [0.25, 0.3) is 11.6 Å². The zero-order valence-electron chi connectivity index (χ0n) is 15.7. The summed E-state index contributed by atoms with van der Waals surface area (Å²) in [6.45, 7) is 6.42. The minimum absolute atomic E-state index is 0.0754. The molecule has 0 heterocycles. The number of amides is 1. The second-order valence-corrected chi connectivity index (χ2v) is 6.83. The number of carbonyl (C=O) groups excluding carboxylic acids is 2. The summed E-state index contributed by atoms with van der Waals surface area (Å²) < 4.78 is 5.13. The van der Waals surface area contributed by atoms with Gasteiger partial charge in [-0.05, 0) is 50.5 Å². The van der Waals surface area contributed by atoms with Crippen LogP contribution in [0.15, 0.2) is 42.5 Å². The van der Waals surface area contributed by atoms with E-state index in [1.807, 2.05) is 18.2 Å². The fraction of sp³-hybridized carbons (Fsp3) is 0.300. The number of rotatable bonds is 6. The Labute approximate surface area is 157 Å². The number of hydrogen-bond acceptors (Lipinski definition) is 5. The monoisotopic (exact) mass is 370 g/mol. The van der Waals surface area contributed by atoms with Gasteiger partial charge >= 0.3 is 5.97 Å². The molecule has 0 spiro atoms. The molecule has 2 rings (SSSR count). The summed E-state index contributed by atoms with van der Waals surface area (Å²) in [6, 6.07) is 12.0. The van der Waals surface area contributed by atoms with Crippen LogP contribution in [0.5, 0.6) is 0 Å². The van der Waals surface area contributed by atoms with Crippen LogP contribution in [0.4, 0.5) is 11.4 Å². The first kappa shape index (κ1) is 20.1. The van der Waals surface area contributed by atoms with Crippen LogP contribution in [0.3, 0.4) is 0 Å². The fourth-order valence-electron chi connectivity index (χ4n) is 2.52. The van der Waals surface area contributed by atoms with Gasteiger partial charge in [-0.15, -0.1) is 0 Å². The molecule has 0 fully saturated rings. The Bertz CT molecular complexity index is 875. The molecule has 27 heavy (non-hydrogen) atoms. The highest BCUT2D eigenvalue weighted by Crippen LogP contribution is 2.28. The molecular formula is C20H22N2O5. The number of nitro groups is 1. The van der Waals surface area contributed by atoms with E-state index in [9.17, 15) is 19.7 Å². The fourth-order valence-corrected chi connectivity index (χ4v) is 2.52. The first-order valence-corrected chi connectivity index (χ1v) is 8.41. The van der Waals surface area contributed by atoms with Gasteiger partial charge < -0.3 is 10.1 Å². The summed E-state index contributed by atoms with van der Waals surface area (Å²) in [5.74, 6) is -1.20. The maximum absolute atomic E-state index is 12.4. The maximum Gasteiger partial charge on any atom is 0.316 e. The van der Waals surface area contributed by atoms with Crippen LogP contribution in [0.1, 0.15) is 30.5 Å². The van der Waals surface area contributed by atoms with Crippen molar-refractivity contribution in [3.63, 3.8) is 0 Å². The highest BCUT2D eigenvalue weighted by atomic mass is 16.6. The molecule has 7 heteroatoms. The average Bonchev–Trinajstić information content (AvgIpc) is 2.62. The van der Waals surface area contributed by atoms with Crippen molar-refractivity contribution in [2.45, 2.75) is 33.1 Å². The van der Waals surface area contributed by atoms with E-state index in [-0.39, 0.29) is 11.4 Å². The second kappa shape index (κ2) is 7.99. The Morgan fingerprint density at radius 2 is 1.70 bits per heavy atom. The maximum atomic E-state index is 12.4. The van der Waals surface area contributed by atoms with Gasteiger partial charge in [-0.2, -0.15) is 0 Å². The van der Waals surface area contributed by atoms with Gasteiger partial charge in [0, 0.05) is 6.07 Å². The third-order valence-corrected chi connectivity index (χ3v) is 4.42. The summed E-state index contributed by atoms with van der Waals surface area (Å²) in [5.41, 5.74) is 1.26. The highest BCUT2D eigenvalue weighted by molar-refractivity contribution is 5.95. The first-order chi connectivity index (χ1) is 12.6. The van der Waals surface area contributed by atoms with Crippen LogP contribution in [0, 0.1) is 24.0 Å². The third-order valence-electron chi connectivity index (χ3n) is 4.42. The Hall–Kier alpha value is -3.22. The Morgan fingerprint density at radius 3 is 2.30 bits per heavy atom. The molecule has 0 unspecified atom stereocenters. The number of aryl methyl sites for hydroxylation is 2. The lowest BCUT2D eigenvalue weighted by Crippen LogP contribution is -2.33. The van der Waals surface area contributed by atoms with Gasteiger partial charge in [0.05, 0.1) is 10.3 Å². The van der Waals surface area contributed by atoms with E-state index in [0.717, 1.165) is 16.7 Å². The number of anilines is 1. The van der Waals surface area contributed by atoms with Crippen molar-refractivity contribution < 1.29 is 19.2 Å². The van der Waals surface area contributed by atoms with Crippen molar-refractivity contribution in [3.8, 4) is 0 Å². The number of carbonyl (C=O) groups is 2. The van der Waals surface area contributed by atoms with E-state index >= 15 is 0 Å². The van der Waals surface area contributed by atoms with Crippen molar-refractivity contribution in [2.75, 3.05) is 11.9 Å². The van der Waals surface area contributed by atoms with Crippen LogP contribution in [0.2, 0.25) is 0 Å². The lowest BCUT2D eigenvalue weighted by molar-refractivity contribution is -0.384. The minimum atomic E-state index is -0.923. The molecule has 2 aromatic carbocycles. The predicted molar refractivity (Wildman–Crippen MR) is 102 cm³/mol. The van der Waals surface area contributed by atoms with E-state index in [2.05, 4.69) is 5.32 Å². The van der Waals surface area contributed by atoms with Crippen molar-refractivity contribution in [3.05, 3.63) is 69.3 Å². The van der Waals surface area contributed by atoms with E-state index in [0.29, 0.717) is 0 Å². The number of hydrogen-bond donors (Lipinski definition) is 1. The van der Waals surface area contributed by atoms with E-state index in [1.165, 1.54) is 12.1 Å². The Kier molecular flexibility index (Phi) is 5.95. The standard InChI is InChI=1S/C20H22N2O5/c1-13-10-16(17(22(25)26)11-14(13)2)21-18(23)12-27-19(24)20(3,4)15-8-6-5-7-9-15/h5-11H,12H2,1-4H3,(H,21,23). The molecule has 0 saturated carbocycles. The molecule has 142 valence electrons. The summed E-state index contributed by atoms with van der Waals surface area (Å²) in [7, 11) is 0. The zero-order valence-corrected chi connectivity index (χ0v) is 15.7. The number of ether oxygens (including phenoxy) is 1. The number of benzene rings is 2. The van der Waals surface area contributed by atoms with Crippen molar-refractivity contribution in [1.82, 2.24) is 0 Å². The van der Waals surface area contributed by atoms with Gasteiger partial charge in [-0.1, -0.05) is 30.3 Å². The molecule has 1 N–H and O–H groups in total. The van der Waals surface area contributed by atoms with Gasteiger partial charge in [0.15, 0.2) is 6.61 Å². The normalized spacial score (nSPS) is 11.0. The number of esters is 1. The lowest BCUT2D eigenvalue weighted by atomic mass is 9.85. The summed E-state index contributed by atoms with van der Waals surface area (Å²) in [5, 5.41) is 13.6. The topological polar surface area (TPSA) is 98.5 Å². The molecule has 0 aliphatic rings. The lowest BCUT2D eigenvalue weighted by Gasteiger charge is -2.22. The van der Waals surface area contributed by atoms with Crippen LogP contribution in [-0.4, -0.2) is 23.4 Å². The molecule has 0 radical (unpaired) electrons. The Balaban J connectivity index is 2.06. The van der Waals surface area contributed by atoms with Gasteiger partial charge in [0.1, 0.15) is 5.69 Å². The van der Waals surface area contributed by atoms with Gasteiger partial charge in [-0.3, -0.25) is 19.7 Å². The molecule has 0 aliphatic carbocycles. The third kappa shape index (κ3) is 4.69. The van der Waals surface area contributed by atoms with Gasteiger partial charge in [0.2, 0.25) is 0 Å². The highest BCUT2D eigenvalue weighted by Gasteiger charge is 2.32. The van der Waals surface area contributed by atoms with Crippen molar-refractivity contribution in [2.24, 2.45) is 0 Å². The van der Waals surface area contributed by atoms with Crippen molar-refractivity contribution >= 4 is 23.3 Å². The Morgan fingerprint density at radius 1 is 1.11 bits per heavy atom. The molecule has 1 amide bonds. The van der Waals surface area contributed by atoms with Crippen molar-refractivity contribution in [1.29, 1.82) is 0 Å². The number of nitrogens with one attached hydrogen (secondary N) is 1. The smallest absolute Gasteiger partial charge is 0.316 e. The first-order valence-electron chi connectivity index (χ1n) is 8.41. The molecule has 0 saturated heterocycles. The molecule has 7 nitrogen and oxygen atoms in total. The molecule has 2 aromatic rings.